The summed E-state index contributed by atoms with van der Waals surface area (Å²) in [6.45, 7) is 5.95. The van der Waals surface area contributed by atoms with Crippen LogP contribution in [-0.4, -0.2) is 22.1 Å². The minimum atomic E-state index is -0.0443. The number of aromatic nitrogens is 2. The van der Waals surface area contributed by atoms with E-state index in [2.05, 4.69) is 22.4 Å². The number of H-pyrrole nitrogens is 1. The van der Waals surface area contributed by atoms with Gasteiger partial charge in [0.25, 0.3) is 5.91 Å². The fraction of sp³-hybridized carbons (Fsp3) is 0.600. The predicted molar refractivity (Wildman–Crippen MR) is 55.2 cm³/mol. The van der Waals surface area contributed by atoms with Crippen LogP contribution in [0.15, 0.2) is 6.20 Å². The third kappa shape index (κ3) is 2.58. The number of aryl methyl sites for hydroxylation is 1. The first-order valence-electron chi connectivity index (χ1n) is 4.96. The lowest BCUT2D eigenvalue weighted by Crippen LogP contribution is -2.32. The molecule has 1 aromatic heterocycles. The van der Waals surface area contributed by atoms with E-state index in [0.29, 0.717) is 5.56 Å². The molecule has 4 heteroatoms. The van der Waals surface area contributed by atoms with Crippen LogP contribution in [0, 0.1) is 6.92 Å². The number of carbonyl (C=O) groups is 1. The van der Waals surface area contributed by atoms with Crippen LogP contribution in [0.2, 0.25) is 0 Å². The minimum Gasteiger partial charge on any atom is -0.349 e. The third-order valence-corrected chi connectivity index (χ3v) is 2.17. The van der Waals surface area contributed by atoms with Crippen molar-refractivity contribution in [3.05, 3.63) is 17.5 Å². The van der Waals surface area contributed by atoms with Gasteiger partial charge in [-0.2, -0.15) is 5.10 Å². The monoisotopic (exact) mass is 195 g/mol. The van der Waals surface area contributed by atoms with Crippen LogP contribution in [0.3, 0.4) is 0 Å². The Morgan fingerprint density at radius 3 is 2.93 bits per heavy atom. The molecule has 0 aliphatic rings. The molecule has 0 saturated carbocycles. The van der Waals surface area contributed by atoms with Crippen molar-refractivity contribution in [2.24, 2.45) is 0 Å². The molecule has 0 bridgehead atoms. The first-order valence-corrected chi connectivity index (χ1v) is 4.96. The van der Waals surface area contributed by atoms with Crippen molar-refractivity contribution in [3.8, 4) is 0 Å². The molecule has 0 spiro atoms. The zero-order valence-electron chi connectivity index (χ0n) is 8.92. The molecule has 4 nitrogen and oxygen atoms in total. The maximum absolute atomic E-state index is 11.6. The van der Waals surface area contributed by atoms with Crippen LogP contribution < -0.4 is 5.32 Å². The van der Waals surface area contributed by atoms with Crippen molar-refractivity contribution >= 4 is 5.91 Å². The van der Waals surface area contributed by atoms with Gasteiger partial charge in [0.05, 0.1) is 11.8 Å². The van der Waals surface area contributed by atoms with Crippen LogP contribution in [-0.2, 0) is 0 Å². The first kappa shape index (κ1) is 10.8. The number of amides is 1. The quantitative estimate of drug-likeness (QED) is 0.767. The molecule has 14 heavy (non-hydrogen) atoms. The molecule has 0 aromatic carbocycles. The summed E-state index contributed by atoms with van der Waals surface area (Å²) in [6.07, 6.45) is 3.64. The highest BCUT2D eigenvalue weighted by Crippen LogP contribution is 2.03. The van der Waals surface area contributed by atoms with Crippen LogP contribution in [0.1, 0.15) is 42.7 Å². The lowest BCUT2D eigenvalue weighted by atomic mass is 10.2. The maximum Gasteiger partial charge on any atom is 0.254 e. The van der Waals surface area contributed by atoms with Crippen LogP contribution >= 0.6 is 0 Å². The molecular weight excluding hydrogens is 178 g/mol. The van der Waals surface area contributed by atoms with E-state index in [1.807, 2.05) is 13.8 Å². The Balaban J connectivity index is 2.55. The van der Waals surface area contributed by atoms with Gasteiger partial charge < -0.3 is 5.32 Å². The molecule has 1 atom stereocenters. The summed E-state index contributed by atoms with van der Waals surface area (Å²) in [5, 5.41) is 9.48. The van der Waals surface area contributed by atoms with E-state index in [1.54, 1.807) is 6.20 Å². The molecule has 2 N–H and O–H groups in total. The van der Waals surface area contributed by atoms with Gasteiger partial charge in [0.1, 0.15) is 0 Å². The number of rotatable bonds is 4. The molecule has 1 aromatic rings. The van der Waals surface area contributed by atoms with Gasteiger partial charge >= 0.3 is 0 Å². The summed E-state index contributed by atoms with van der Waals surface area (Å²) >= 11 is 0. The lowest BCUT2D eigenvalue weighted by molar-refractivity contribution is 0.0938. The molecule has 78 valence electrons. The Bertz CT molecular complexity index is 306. The summed E-state index contributed by atoms with van der Waals surface area (Å²) in [6, 6.07) is 0.224. The average molecular weight is 195 g/mol. The standard InChI is InChI=1S/C10H17N3O/c1-4-5-7(2)12-10(14)9-6-11-13-8(9)3/h6-7H,4-5H2,1-3H3,(H,11,13)(H,12,14). The molecular formula is C10H17N3O. The smallest absolute Gasteiger partial charge is 0.254 e. The van der Waals surface area contributed by atoms with E-state index in [4.69, 9.17) is 0 Å². The second-order valence-electron chi connectivity index (χ2n) is 3.57. The number of nitrogens with zero attached hydrogens (tertiary/aromatic N) is 1. The molecule has 1 heterocycles. The van der Waals surface area contributed by atoms with Crippen molar-refractivity contribution in [3.63, 3.8) is 0 Å². The van der Waals surface area contributed by atoms with Gasteiger partial charge in [0.15, 0.2) is 0 Å². The van der Waals surface area contributed by atoms with Crippen molar-refractivity contribution in [2.75, 3.05) is 0 Å². The van der Waals surface area contributed by atoms with Crippen LogP contribution in [0.4, 0.5) is 0 Å². The molecule has 0 radical (unpaired) electrons. The van der Waals surface area contributed by atoms with Crippen molar-refractivity contribution in [1.29, 1.82) is 0 Å². The Morgan fingerprint density at radius 2 is 2.43 bits per heavy atom. The SMILES string of the molecule is CCCC(C)NC(=O)c1cn[nH]c1C. The zero-order valence-corrected chi connectivity index (χ0v) is 8.92. The number of nitrogens with one attached hydrogen (secondary N) is 2. The molecule has 1 amide bonds. The average Bonchev–Trinajstić information content (AvgIpc) is 2.51. The fourth-order valence-corrected chi connectivity index (χ4v) is 1.39. The number of carbonyl (C=O) groups excluding carboxylic acids is 1. The van der Waals surface area contributed by atoms with E-state index in [9.17, 15) is 4.79 Å². The van der Waals surface area contributed by atoms with E-state index in [0.717, 1.165) is 18.5 Å². The highest BCUT2D eigenvalue weighted by molar-refractivity contribution is 5.95. The number of hydrogen-bond acceptors (Lipinski definition) is 2. The Kier molecular flexibility index (Phi) is 3.68. The molecule has 0 saturated heterocycles. The lowest BCUT2D eigenvalue weighted by Gasteiger charge is -2.11. The predicted octanol–water partition coefficient (Wildman–Crippen LogP) is 1.64. The van der Waals surface area contributed by atoms with E-state index >= 15 is 0 Å². The van der Waals surface area contributed by atoms with Gasteiger partial charge in [0.2, 0.25) is 0 Å². The Morgan fingerprint density at radius 1 is 1.71 bits per heavy atom. The summed E-state index contributed by atoms with van der Waals surface area (Å²) in [5.41, 5.74) is 1.44. The van der Waals surface area contributed by atoms with E-state index in [-0.39, 0.29) is 11.9 Å². The van der Waals surface area contributed by atoms with Gasteiger partial charge in [-0.25, -0.2) is 0 Å². The maximum atomic E-state index is 11.6. The van der Waals surface area contributed by atoms with Crippen molar-refractivity contribution in [2.45, 2.75) is 39.7 Å². The van der Waals surface area contributed by atoms with Gasteiger partial charge in [-0.3, -0.25) is 9.89 Å². The minimum absolute atomic E-state index is 0.0443. The largest absolute Gasteiger partial charge is 0.349 e. The van der Waals surface area contributed by atoms with Gasteiger partial charge in [-0.15, -0.1) is 0 Å². The topological polar surface area (TPSA) is 57.8 Å². The molecule has 0 aliphatic carbocycles. The molecule has 1 rings (SSSR count). The van der Waals surface area contributed by atoms with Gasteiger partial charge in [-0.1, -0.05) is 13.3 Å². The number of hydrogen-bond donors (Lipinski definition) is 2. The highest BCUT2D eigenvalue weighted by atomic mass is 16.1. The second kappa shape index (κ2) is 4.79. The molecule has 0 fully saturated rings. The van der Waals surface area contributed by atoms with Crippen LogP contribution in [0.5, 0.6) is 0 Å². The third-order valence-electron chi connectivity index (χ3n) is 2.17. The normalized spacial score (nSPS) is 12.5. The summed E-state index contributed by atoms with van der Waals surface area (Å²) in [7, 11) is 0. The number of aromatic amines is 1. The molecule has 0 aliphatic heterocycles. The highest BCUT2D eigenvalue weighted by Gasteiger charge is 2.12. The summed E-state index contributed by atoms with van der Waals surface area (Å²) in [5.74, 6) is -0.0443. The van der Waals surface area contributed by atoms with Gasteiger partial charge in [0, 0.05) is 11.7 Å². The van der Waals surface area contributed by atoms with Gasteiger partial charge in [-0.05, 0) is 20.3 Å². The van der Waals surface area contributed by atoms with E-state index in [1.165, 1.54) is 0 Å². The summed E-state index contributed by atoms with van der Waals surface area (Å²) < 4.78 is 0. The van der Waals surface area contributed by atoms with Crippen molar-refractivity contribution in [1.82, 2.24) is 15.5 Å². The molecule has 1 unspecified atom stereocenters. The Hall–Kier alpha value is -1.32. The van der Waals surface area contributed by atoms with Crippen LogP contribution in [0.25, 0.3) is 0 Å². The summed E-state index contributed by atoms with van der Waals surface area (Å²) in [4.78, 5) is 11.6. The fourth-order valence-electron chi connectivity index (χ4n) is 1.39. The second-order valence-corrected chi connectivity index (χ2v) is 3.57. The Labute approximate surface area is 84.1 Å². The zero-order chi connectivity index (χ0) is 10.6. The van der Waals surface area contributed by atoms with E-state index < -0.39 is 0 Å². The van der Waals surface area contributed by atoms with Crippen molar-refractivity contribution < 1.29 is 4.79 Å². The first-order chi connectivity index (χ1) is 6.65.